The van der Waals surface area contributed by atoms with Crippen molar-refractivity contribution in [2.45, 2.75) is 46.4 Å². The smallest absolute Gasteiger partial charge is 0.423 e. The first-order valence-corrected chi connectivity index (χ1v) is 8.88. The van der Waals surface area contributed by atoms with Crippen LogP contribution in [0.1, 0.15) is 39.7 Å². The Hall–Kier alpha value is -2.51. The van der Waals surface area contributed by atoms with Crippen LogP contribution in [0.3, 0.4) is 0 Å². The molecular formula is C19H24F3N3O2. The maximum Gasteiger partial charge on any atom is 0.423 e. The Morgan fingerprint density at radius 2 is 1.85 bits per heavy atom. The van der Waals surface area contributed by atoms with Crippen LogP contribution in [0, 0.1) is 0 Å². The van der Waals surface area contributed by atoms with E-state index >= 15 is 0 Å². The van der Waals surface area contributed by atoms with Crippen LogP contribution in [-0.2, 0) is 6.18 Å². The molecule has 0 spiro atoms. The van der Waals surface area contributed by atoms with Crippen molar-refractivity contribution < 1.29 is 22.6 Å². The number of alkyl halides is 3. The van der Waals surface area contributed by atoms with E-state index in [0.29, 0.717) is 24.4 Å². The molecule has 0 fully saturated rings. The largest absolute Gasteiger partial charge is 0.489 e. The van der Waals surface area contributed by atoms with Crippen LogP contribution in [0.5, 0.6) is 11.6 Å². The lowest BCUT2D eigenvalue weighted by Gasteiger charge is -2.25. The summed E-state index contributed by atoms with van der Waals surface area (Å²) in [4.78, 5) is 9.69. The average molecular weight is 383 g/mol. The van der Waals surface area contributed by atoms with Gasteiger partial charge in [-0.2, -0.15) is 18.2 Å². The molecule has 148 valence electrons. The number of aromatic nitrogens is 2. The van der Waals surface area contributed by atoms with Gasteiger partial charge < -0.3 is 14.4 Å². The molecule has 0 aliphatic rings. The van der Waals surface area contributed by atoms with E-state index in [2.05, 4.69) is 9.97 Å². The first-order chi connectivity index (χ1) is 12.8. The third-order valence-corrected chi connectivity index (χ3v) is 3.57. The van der Waals surface area contributed by atoms with Crippen LogP contribution < -0.4 is 14.4 Å². The monoisotopic (exact) mass is 383 g/mol. The zero-order valence-corrected chi connectivity index (χ0v) is 15.9. The summed E-state index contributed by atoms with van der Waals surface area (Å²) in [6, 6.07) is 7.27. The van der Waals surface area contributed by atoms with Gasteiger partial charge in [0.15, 0.2) is 0 Å². The molecule has 2 aromatic rings. The van der Waals surface area contributed by atoms with Crippen LogP contribution in [-0.4, -0.2) is 29.2 Å². The highest BCUT2D eigenvalue weighted by Gasteiger charge is 2.36. The molecule has 0 saturated heterocycles. The first kappa shape index (κ1) is 20.8. The van der Waals surface area contributed by atoms with E-state index in [1.54, 1.807) is 11.0 Å². The molecule has 0 amide bonds. The number of anilines is 2. The van der Waals surface area contributed by atoms with Crippen molar-refractivity contribution in [2.75, 3.05) is 18.1 Å². The lowest BCUT2D eigenvalue weighted by atomic mass is 10.2. The molecule has 8 heteroatoms. The van der Waals surface area contributed by atoms with Gasteiger partial charge in [-0.1, -0.05) is 19.1 Å². The third kappa shape index (κ3) is 5.24. The fraction of sp³-hybridized carbons (Fsp3) is 0.474. The van der Waals surface area contributed by atoms with Crippen molar-refractivity contribution in [3.63, 3.8) is 0 Å². The number of halogens is 3. The van der Waals surface area contributed by atoms with Crippen molar-refractivity contribution in [2.24, 2.45) is 0 Å². The van der Waals surface area contributed by atoms with Gasteiger partial charge >= 0.3 is 6.18 Å². The molecule has 2 rings (SSSR count). The summed E-state index contributed by atoms with van der Waals surface area (Å²) in [5, 5.41) is 0. The summed E-state index contributed by atoms with van der Waals surface area (Å²) >= 11 is 0. The number of para-hydroxylation sites is 2. The Labute approximate surface area is 157 Å². The Kier molecular flexibility index (Phi) is 6.87. The van der Waals surface area contributed by atoms with Gasteiger partial charge in [0.05, 0.1) is 18.4 Å². The predicted molar refractivity (Wildman–Crippen MR) is 97.7 cm³/mol. The number of hydrogen-bond donors (Lipinski definition) is 0. The van der Waals surface area contributed by atoms with Crippen molar-refractivity contribution in [3.8, 4) is 11.6 Å². The number of rotatable bonds is 8. The SMILES string of the molecule is CCCOc1nc(N(CC)c2ccccc2OC(C)C)ncc1C(F)(F)F. The number of benzene rings is 1. The topological polar surface area (TPSA) is 47.5 Å². The van der Waals surface area contributed by atoms with Gasteiger partial charge in [-0.25, -0.2) is 4.98 Å². The maximum atomic E-state index is 13.2. The average Bonchev–Trinajstić information content (AvgIpc) is 2.60. The normalized spacial score (nSPS) is 11.6. The Morgan fingerprint density at radius 1 is 1.15 bits per heavy atom. The highest BCUT2D eigenvalue weighted by atomic mass is 19.4. The second-order valence-corrected chi connectivity index (χ2v) is 6.11. The minimum atomic E-state index is -4.59. The lowest BCUT2D eigenvalue weighted by molar-refractivity contribution is -0.139. The Bertz CT molecular complexity index is 751. The van der Waals surface area contributed by atoms with Crippen molar-refractivity contribution in [3.05, 3.63) is 36.0 Å². The molecule has 0 unspecified atom stereocenters. The quantitative estimate of drug-likeness (QED) is 0.625. The molecule has 0 aliphatic carbocycles. The van der Waals surface area contributed by atoms with E-state index in [1.807, 2.05) is 45.9 Å². The predicted octanol–water partition coefficient (Wildman–Crippen LogP) is 5.23. The van der Waals surface area contributed by atoms with E-state index in [9.17, 15) is 13.2 Å². The van der Waals surface area contributed by atoms with E-state index in [1.165, 1.54) is 0 Å². The van der Waals surface area contributed by atoms with Crippen LogP contribution in [0.4, 0.5) is 24.8 Å². The highest BCUT2D eigenvalue weighted by Crippen LogP contribution is 2.38. The summed E-state index contributed by atoms with van der Waals surface area (Å²) in [6.45, 7) is 8.06. The van der Waals surface area contributed by atoms with Gasteiger partial charge in [-0.3, -0.25) is 0 Å². The summed E-state index contributed by atoms with van der Waals surface area (Å²) < 4.78 is 50.7. The lowest BCUT2D eigenvalue weighted by Crippen LogP contribution is -2.22. The zero-order chi connectivity index (χ0) is 20.0. The summed E-state index contributed by atoms with van der Waals surface area (Å²) in [5.74, 6) is 0.264. The second-order valence-electron chi connectivity index (χ2n) is 6.11. The summed E-state index contributed by atoms with van der Waals surface area (Å²) in [7, 11) is 0. The molecule has 0 bridgehead atoms. The van der Waals surface area contributed by atoms with Crippen LogP contribution in [0.2, 0.25) is 0 Å². The molecule has 0 saturated carbocycles. The van der Waals surface area contributed by atoms with Crippen molar-refractivity contribution in [1.29, 1.82) is 0 Å². The molecule has 1 heterocycles. The van der Waals surface area contributed by atoms with Crippen molar-refractivity contribution in [1.82, 2.24) is 9.97 Å². The van der Waals surface area contributed by atoms with Crippen LogP contribution in [0.25, 0.3) is 0 Å². The molecule has 1 aromatic carbocycles. The number of hydrogen-bond acceptors (Lipinski definition) is 5. The Balaban J connectivity index is 2.49. The standard InChI is InChI=1S/C19H24F3N3O2/c1-5-11-26-17-14(19(20,21)22)12-23-18(24-17)25(6-2)15-9-7-8-10-16(15)27-13(3)4/h7-10,12-13H,5-6,11H2,1-4H3. The second kappa shape index (κ2) is 8.92. The van der Waals surface area contributed by atoms with Gasteiger partial charge in [0, 0.05) is 12.7 Å². The number of nitrogens with zero attached hydrogens (tertiary/aromatic N) is 3. The molecule has 0 N–H and O–H groups in total. The molecule has 0 radical (unpaired) electrons. The van der Waals surface area contributed by atoms with Gasteiger partial charge in [0.25, 0.3) is 0 Å². The van der Waals surface area contributed by atoms with Crippen molar-refractivity contribution >= 4 is 11.6 Å². The van der Waals surface area contributed by atoms with Gasteiger partial charge in [0.1, 0.15) is 11.3 Å². The molecule has 27 heavy (non-hydrogen) atoms. The molecule has 5 nitrogen and oxygen atoms in total. The number of ether oxygens (including phenoxy) is 2. The molecule has 0 atom stereocenters. The molecule has 1 aromatic heterocycles. The highest BCUT2D eigenvalue weighted by molar-refractivity contribution is 5.65. The van der Waals surface area contributed by atoms with E-state index in [-0.39, 0.29) is 18.7 Å². The molecule has 0 aliphatic heterocycles. The maximum absolute atomic E-state index is 13.2. The van der Waals surface area contributed by atoms with E-state index in [4.69, 9.17) is 9.47 Å². The van der Waals surface area contributed by atoms with Gasteiger partial charge in [-0.15, -0.1) is 0 Å². The summed E-state index contributed by atoms with van der Waals surface area (Å²) in [6.07, 6.45) is -3.31. The van der Waals surface area contributed by atoms with Gasteiger partial charge in [0.2, 0.25) is 11.8 Å². The van der Waals surface area contributed by atoms with Crippen LogP contribution in [0.15, 0.2) is 30.5 Å². The minimum absolute atomic E-state index is 0.0539. The van der Waals surface area contributed by atoms with Gasteiger partial charge in [-0.05, 0) is 39.3 Å². The first-order valence-electron chi connectivity index (χ1n) is 8.88. The fourth-order valence-electron chi connectivity index (χ4n) is 2.44. The Morgan fingerprint density at radius 3 is 2.44 bits per heavy atom. The van der Waals surface area contributed by atoms with Crippen LogP contribution >= 0.6 is 0 Å². The fourth-order valence-corrected chi connectivity index (χ4v) is 2.44. The zero-order valence-electron chi connectivity index (χ0n) is 15.9. The third-order valence-electron chi connectivity index (χ3n) is 3.57. The minimum Gasteiger partial charge on any atom is -0.489 e. The van der Waals surface area contributed by atoms with E-state index < -0.39 is 17.6 Å². The molecular weight excluding hydrogens is 359 g/mol. The summed E-state index contributed by atoms with van der Waals surface area (Å²) in [5.41, 5.74) is -0.308. The van der Waals surface area contributed by atoms with E-state index in [0.717, 1.165) is 6.20 Å².